The van der Waals surface area contributed by atoms with Crippen LogP contribution in [0.3, 0.4) is 0 Å². The van der Waals surface area contributed by atoms with Crippen molar-refractivity contribution in [1.82, 2.24) is 19.7 Å². The van der Waals surface area contributed by atoms with Gasteiger partial charge in [0.15, 0.2) is 0 Å². The number of hydrogen-bond donors (Lipinski definition) is 3. The number of carbonyl (C=O) groups excluding carboxylic acids is 1. The molecule has 0 radical (unpaired) electrons. The molecule has 1 aliphatic rings. The molecule has 0 fully saturated rings. The number of halogens is 1. The summed E-state index contributed by atoms with van der Waals surface area (Å²) in [6, 6.07) is 16.1. The number of aryl methyl sites for hydroxylation is 1. The first-order valence-corrected chi connectivity index (χ1v) is 10.2. The molecule has 2 aromatic carbocycles. The van der Waals surface area contributed by atoms with E-state index in [4.69, 9.17) is 0 Å². The Hall–Kier alpha value is -4.27. The molecule has 5 rings (SSSR count). The number of carbonyl (C=O) groups is 1. The lowest BCUT2D eigenvalue weighted by molar-refractivity contribution is 0.262. The maximum atomic E-state index is 13.1. The number of aromatic nitrogens is 4. The summed E-state index contributed by atoms with van der Waals surface area (Å²) in [7, 11) is 0. The van der Waals surface area contributed by atoms with E-state index in [-0.39, 0.29) is 11.5 Å². The van der Waals surface area contributed by atoms with Crippen molar-refractivity contribution in [2.45, 2.75) is 19.3 Å². The second kappa shape index (κ2) is 8.10. The highest BCUT2D eigenvalue weighted by molar-refractivity contribution is 5.99. The van der Waals surface area contributed by atoms with E-state index >= 15 is 0 Å². The van der Waals surface area contributed by atoms with Gasteiger partial charge in [0.2, 0.25) is 5.95 Å². The Morgan fingerprint density at radius 1 is 1.03 bits per heavy atom. The fraction of sp³-hybridized carbons (Fsp3) is 0.130. The quantitative estimate of drug-likeness (QED) is 0.457. The number of benzene rings is 2. The molecular weight excluding hydrogens is 411 g/mol. The van der Waals surface area contributed by atoms with Gasteiger partial charge in [-0.3, -0.25) is 15.1 Å². The van der Waals surface area contributed by atoms with Crippen LogP contribution in [0.4, 0.5) is 20.7 Å². The first-order valence-electron chi connectivity index (χ1n) is 10.2. The van der Waals surface area contributed by atoms with Gasteiger partial charge in [-0.15, -0.1) is 0 Å². The van der Waals surface area contributed by atoms with Crippen LogP contribution in [0.25, 0.3) is 17.2 Å². The monoisotopic (exact) mass is 430 g/mol. The molecule has 2 amide bonds. The lowest BCUT2D eigenvalue weighted by Crippen LogP contribution is -2.23. The van der Waals surface area contributed by atoms with Crippen LogP contribution in [0, 0.1) is 5.82 Å². The predicted octanol–water partition coefficient (Wildman–Crippen LogP) is 3.89. The average Bonchev–Trinajstić information content (AvgIpc) is 3.43. The topological polar surface area (TPSA) is 105 Å². The second-order valence-corrected chi connectivity index (χ2v) is 7.45. The van der Waals surface area contributed by atoms with Crippen LogP contribution in [0.5, 0.6) is 0 Å². The number of nitrogens with one attached hydrogen (secondary N) is 3. The number of rotatable bonds is 4. The maximum Gasteiger partial charge on any atom is 0.324 e. The zero-order chi connectivity index (χ0) is 22.1. The number of anilines is 2. The van der Waals surface area contributed by atoms with E-state index in [0.29, 0.717) is 29.2 Å². The van der Waals surface area contributed by atoms with Gasteiger partial charge in [-0.05, 0) is 43.5 Å². The molecule has 2 heterocycles. The summed E-state index contributed by atoms with van der Waals surface area (Å²) >= 11 is 0. The summed E-state index contributed by atoms with van der Waals surface area (Å²) in [6.07, 6.45) is 2.32. The minimum absolute atomic E-state index is 0.194. The molecule has 2 aromatic heterocycles. The molecule has 0 aliphatic heterocycles. The second-order valence-electron chi connectivity index (χ2n) is 7.45. The van der Waals surface area contributed by atoms with Gasteiger partial charge in [0.25, 0.3) is 5.56 Å². The molecule has 0 unspecified atom stereocenters. The van der Waals surface area contributed by atoms with E-state index < -0.39 is 11.8 Å². The molecule has 0 saturated carbocycles. The SMILES string of the molecule is O=C(Nc1ccc(F)cc1)Nc1cc(-c2ccccc2)nn1-c1nc2c(c(=O)[nH]1)CCC2. The third-order valence-corrected chi connectivity index (χ3v) is 5.25. The van der Waals surface area contributed by atoms with Gasteiger partial charge in [0.05, 0.1) is 11.4 Å². The molecule has 8 nitrogen and oxygen atoms in total. The van der Waals surface area contributed by atoms with Crippen LogP contribution in [0.1, 0.15) is 17.7 Å². The van der Waals surface area contributed by atoms with Crippen molar-refractivity contribution in [3.8, 4) is 17.2 Å². The summed E-state index contributed by atoms with van der Waals surface area (Å²) in [5.41, 5.74) is 3.14. The highest BCUT2D eigenvalue weighted by atomic mass is 19.1. The van der Waals surface area contributed by atoms with Crippen molar-refractivity contribution in [3.05, 3.63) is 88.1 Å². The number of H-pyrrole nitrogens is 1. The van der Waals surface area contributed by atoms with Crippen LogP contribution < -0.4 is 16.2 Å². The lowest BCUT2D eigenvalue weighted by Gasteiger charge is -2.10. The third-order valence-electron chi connectivity index (χ3n) is 5.25. The van der Waals surface area contributed by atoms with Gasteiger partial charge < -0.3 is 5.32 Å². The zero-order valence-corrected chi connectivity index (χ0v) is 16.9. The highest BCUT2D eigenvalue weighted by Gasteiger charge is 2.21. The van der Waals surface area contributed by atoms with E-state index in [1.807, 2.05) is 30.3 Å². The minimum atomic E-state index is -0.541. The van der Waals surface area contributed by atoms with Gasteiger partial charge in [-0.25, -0.2) is 14.2 Å². The number of urea groups is 1. The van der Waals surface area contributed by atoms with Gasteiger partial charge in [-0.2, -0.15) is 9.78 Å². The van der Waals surface area contributed by atoms with Crippen LogP contribution in [0.2, 0.25) is 0 Å². The number of fused-ring (bicyclic) bond motifs is 1. The summed E-state index contributed by atoms with van der Waals surface area (Å²) in [6.45, 7) is 0. The van der Waals surface area contributed by atoms with Crippen LogP contribution in [0.15, 0.2) is 65.5 Å². The zero-order valence-electron chi connectivity index (χ0n) is 16.9. The normalized spacial score (nSPS) is 12.4. The van der Waals surface area contributed by atoms with Gasteiger partial charge in [-0.1, -0.05) is 30.3 Å². The van der Waals surface area contributed by atoms with Crippen molar-refractivity contribution in [2.75, 3.05) is 10.6 Å². The van der Waals surface area contributed by atoms with Gasteiger partial charge >= 0.3 is 6.03 Å². The summed E-state index contributed by atoms with van der Waals surface area (Å²) in [4.78, 5) is 32.5. The maximum absolute atomic E-state index is 13.1. The van der Waals surface area contributed by atoms with E-state index in [9.17, 15) is 14.0 Å². The first kappa shape index (κ1) is 19.7. The van der Waals surface area contributed by atoms with Gasteiger partial charge in [0.1, 0.15) is 11.6 Å². The number of nitrogens with zero attached hydrogens (tertiary/aromatic N) is 3. The van der Waals surface area contributed by atoms with E-state index in [0.717, 1.165) is 24.1 Å². The summed E-state index contributed by atoms with van der Waals surface area (Å²) < 4.78 is 14.5. The summed E-state index contributed by atoms with van der Waals surface area (Å²) in [5, 5.41) is 9.97. The smallest absolute Gasteiger partial charge is 0.308 e. The fourth-order valence-electron chi connectivity index (χ4n) is 3.72. The average molecular weight is 430 g/mol. The number of amides is 2. The Morgan fingerprint density at radius 3 is 2.59 bits per heavy atom. The Bertz CT molecular complexity index is 1350. The Balaban J connectivity index is 1.51. The molecular formula is C23H19FN6O2. The predicted molar refractivity (Wildman–Crippen MR) is 118 cm³/mol. The van der Waals surface area contributed by atoms with E-state index in [1.54, 1.807) is 6.07 Å². The molecule has 160 valence electrons. The molecule has 0 spiro atoms. The molecule has 0 bridgehead atoms. The van der Waals surface area contributed by atoms with E-state index in [2.05, 4.69) is 25.7 Å². The molecule has 3 N–H and O–H groups in total. The van der Waals surface area contributed by atoms with E-state index in [1.165, 1.54) is 28.9 Å². The van der Waals surface area contributed by atoms with Crippen molar-refractivity contribution >= 4 is 17.5 Å². The molecule has 9 heteroatoms. The molecule has 1 aliphatic carbocycles. The van der Waals surface area contributed by atoms with Crippen molar-refractivity contribution in [3.63, 3.8) is 0 Å². The van der Waals surface area contributed by atoms with Crippen molar-refractivity contribution in [1.29, 1.82) is 0 Å². The van der Waals surface area contributed by atoms with Crippen molar-refractivity contribution < 1.29 is 9.18 Å². The molecule has 0 saturated heterocycles. The largest absolute Gasteiger partial charge is 0.324 e. The molecule has 4 aromatic rings. The molecule has 0 atom stereocenters. The van der Waals surface area contributed by atoms with Crippen molar-refractivity contribution in [2.24, 2.45) is 0 Å². The Labute approximate surface area is 182 Å². The first-order chi connectivity index (χ1) is 15.6. The third kappa shape index (κ3) is 3.87. The van der Waals surface area contributed by atoms with Crippen LogP contribution in [-0.4, -0.2) is 25.8 Å². The summed E-state index contributed by atoms with van der Waals surface area (Å²) in [5.74, 6) is 0.160. The standard InChI is InChI=1S/C23H19FN6O2/c24-15-9-11-16(12-10-15)25-23(32)27-20-13-19(14-5-2-1-3-6-14)29-30(20)22-26-18-8-4-7-17(18)21(31)28-22/h1-3,5-6,9-13H,4,7-8H2,(H2,25,27,32)(H,26,28,31). The van der Waals surface area contributed by atoms with Crippen LogP contribution >= 0.6 is 0 Å². The fourth-order valence-corrected chi connectivity index (χ4v) is 3.72. The number of hydrogen-bond acceptors (Lipinski definition) is 4. The van der Waals surface area contributed by atoms with Gasteiger partial charge in [0, 0.05) is 22.9 Å². The Kier molecular flexibility index (Phi) is 4.98. The Morgan fingerprint density at radius 2 is 1.81 bits per heavy atom. The minimum Gasteiger partial charge on any atom is -0.308 e. The highest BCUT2D eigenvalue weighted by Crippen LogP contribution is 2.25. The lowest BCUT2D eigenvalue weighted by atomic mass is 10.2. The van der Waals surface area contributed by atoms with Crippen LogP contribution in [-0.2, 0) is 12.8 Å². The molecule has 32 heavy (non-hydrogen) atoms. The number of aromatic amines is 1.